The predicted molar refractivity (Wildman–Crippen MR) is 58.3 cm³/mol. The van der Waals surface area contributed by atoms with Crippen LogP contribution in [0.2, 0.25) is 0 Å². The minimum absolute atomic E-state index is 0.00139. The van der Waals surface area contributed by atoms with Gasteiger partial charge >= 0.3 is 0 Å². The maximum atomic E-state index is 11.3. The van der Waals surface area contributed by atoms with Gasteiger partial charge in [0.1, 0.15) is 5.75 Å². The van der Waals surface area contributed by atoms with E-state index in [-0.39, 0.29) is 12.6 Å². The van der Waals surface area contributed by atoms with E-state index >= 15 is 0 Å². The first-order valence-electron chi connectivity index (χ1n) is 4.97. The van der Waals surface area contributed by atoms with E-state index < -0.39 is 0 Å². The maximum absolute atomic E-state index is 11.3. The van der Waals surface area contributed by atoms with E-state index in [9.17, 15) is 4.79 Å². The molecular weight excluding hydrogens is 192 g/mol. The summed E-state index contributed by atoms with van der Waals surface area (Å²) in [7, 11) is 0. The van der Waals surface area contributed by atoms with Crippen molar-refractivity contribution in [3.05, 3.63) is 29.3 Å². The lowest BCUT2D eigenvalue weighted by molar-refractivity contribution is 0.0219. The molecule has 0 bridgehead atoms. The number of carbonyl (C=O) groups excluding carboxylic acids is 1. The molecule has 0 amide bonds. The van der Waals surface area contributed by atoms with Gasteiger partial charge in [0, 0.05) is 6.61 Å². The summed E-state index contributed by atoms with van der Waals surface area (Å²) in [6.45, 7) is 6.16. The molecule has 3 nitrogen and oxygen atoms in total. The SMILES string of the molecule is CCOCOc1cc(C)ccc1C(C)=O. The second kappa shape index (κ2) is 5.51. The molecule has 1 rings (SSSR count). The van der Waals surface area contributed by atoms with Crippen LogP contribution in [0.25, 0.3) is 0 Å². The third kappa shape index (κ3) is 3.36. The highest BCUT2D eigenvalue weighted by molar-refractivity contribution is 5.96. The van der Waals surface area contributed by atoms with Gasteiger partial charge in [0.05, 0.1) is 5.56 Å². The van der Waals surface area contributed by atoms with Crippen molar-refractivity contribution in [3.63, 3.8) is 0 Å². The lowest BCUT2D eigenvalue weighted by atomic mass is 10.1. The minimum Gasteiger partial charge on any atom is -0.467 e. The van der Waals surface area contributed by atoms with Crippen LogP contribution in [0.3, 0.4) is 0 Å². The predicted octanol–water partition coefficient (Wildman–Crippen LogP) is 2.57. The number of carbonyl (C=O) groups is 1. The fourth-order valence-corrected chi connectivity index (χ4v) is 1.23. The molecule has 0 saturated carbocycles. The molecule has 0 unspecified atom stereocenters. The summed E-state index contributed by atoms with van der Waals surface area (Å²) < 4.78 is 10.5. The average Bonchev–Trinajstić information content (AvgIpc) is 2.18. The van der Waals surface area contributed by atoms with Crippen molar-refractivity contribution in [3.8, 4) is 5.75 Å². The lowest BCUT2D eigenvalue weighted by Crippen LogP contribution is -2.06. The maximum Gasteiger partial charge on any atom is 0.189 e. The van der Waals surface area contributed by atoms with Crippen LogP contribution < -0.4 is 4.74 Å². The molecular formula is C12H16O3. The third-order valence-electron chi connectivity index (χ3n) is 2.02. The Bertz CT molecular complexity index is 345. The lowest BCUT2D eigenvalue weighted by Gasteiger charge is -2.10. The first-order valence-corrected chi connectivity index (χ1v) is 4.97. The molecule has 0 aliphatic rings. The normalized spacial score (nSPS) is 10.1. The zero-order valence-corrected chi connectivity index (χ0v) is 9.37. The standard InChI is InChI=1S/C12H16O3/c1-4-14-8-15-12-7-9(2)5-6-11(12)10(3)13/h5-7H,4,8H2,1-3H3. The zero-order valence-electron chi connectivity index (χ0n) is 9.37. The molecule has 0 spiro atoms. The minimum atomic E-state index is 0.00139. The molecule has 0 atom stereocenters. The van der Waals surface area contributed by atoms with Crippen molar-refractivity contribution in [1.82, 2.24) is 0 Å². The fraction of sp³-hybridized carbons (Fsp3) is 0.417. The van der Waals surface area contributed by atoms with Gasteiger partial charge in [0.15, 0.2) is 12.6 Å². The largest absolute Gasteiger partial charge is 0.467 e. The number of hydrogen-bond acceptors (Lipinski definition) is 3. The van der Waals surface area contributed by atoms with Gasteiger partial charge in [0.25, 0.3) is 0 Å². The number of ether oxygens (including phenoxy) is 2. The topological polar surface area (TPSA) is 35.5 Å². The van der Waals surface area contributed by atoms with Crippen molar-refractivity contribution in [2.45, 2.75) is 20.8 Å². The van der Waals surface area contributed by atoms with Crippen molar-refractivity contribution in [2.24, 2.45) is 0 Å². The zero-order chi connectivity index (χ0) is 11.3. The van der Waals surface area contributed by atoms with Crippen LogP contribution in [0.1, 0.15) is 29.8 Å². The average molecular weight is 208 g/mol. The van der Waals surface area contributed by atoms with E-state index in [0.29, 0.717) is 17.9 Å². The summed E-state index contributed by atoms with van der Waals surface area (Å²) in [6.07, 6.45) is 0. The summed E-state index contributed by atoms with van der Waals surface area (Å²) in [5, 5.41) is 0. The van der Waals surface area contributed by atoms with E-state index in [0.717, 1.165) is 5.56 Å². The number of Topliss-reactive ketones (excluding diaryl/α,β-unsaturated/α-hetero) is 1. The molecule has 0 heterocycles. The van der Waals surface area contributed by atoms with E-state index in [4.69, 9.17) is 9.47 Å². The van der Waals surface area contributed by atoms with Crippen LogP contribution in [-0.2, 0) is 4.74 Å². The molecule has 0 saturated heterocycles. The number of ketones is 1. The summed E-state index contributed by atoms with van der Waals surface area (Å²) in [4.78, 5) is 11.3. The first kappa shape index (κ1) is 11.7. The summed E-state index contributed by atoms with van der Waals surface area (Å²) in [5.74, 6) is 0.595. The Morgan fingerprint density at radius 1 is 1.40 bits per heavy atom. The van der Waals surface area contributed by atoms with Gasteiger partial charge in [-0.25, -0.2) is 0 Å². The Balaban J connectivity index is 2.82. The Morgan fingerprint density at radius 3 is 2.73 bits per heavy atom. The highest BCUT2D eigenvalue weighted by Crippen LogP contribution is 2.20. The first-order chi connectivity index (χ1) is 7.15. The Hall–Kier alpha value is -1.35. The molecule has 0 radical (unpaired) electrons. The van der Waals surface area contributed by atoms with E-state index in [1.165, 1.54) is 6.92 Å². The van der Waals surface area contributed by atoms with Crippen LogP contribution in [0.5, 0.6) is 5.75 Å². The summed E-state index contributed by atoms with van der Waals surface area (Å²) in [6, 6.07) is 5.51. The van der Waals surface area contributed by atoms with Gasteiger partial charge in [-0.15, -0.1) is 0 Å². The highest BCUT2D eigenvalue weighted by Gasteiger charge is 2.08. The Kier molecular flexibility index (Phi) is 4.31. The van der Waals surface area contributed by atoms with Crippen LogP contribution in [0.15, 0.2) is 18.2 Å². The van der Waals surface area contributed by atoms with Gasteiger partial charge in [-0.05, 0) is 38.5 Å². The van der Waals surface area contributed by atoms with E-state index in [2.05, 4.69) is 0 Å². The van der Waals surface area contributed by atoms with Crippen molar-refractivity contribution < 1.29 is 14.3 Å². The molecule has 0 aromatic heterocycles. The third-order valence-corrected chi connectivity index (χ3v) is 2.02. The van der Waals surface area contributed by atoms with E-state index in [1.54, 1.807) is 6.07 Å². The second-order valence-electron chi connectivity index (χ2n) is 3.31. The highest BCUT2D eigenvalue weighted by atomic mass is 16.7. The van der Waals surface area contributed by atoms with Crippen LogP contribution in [-0.4, -0.2) is 19.2 Å². The molecule has 82 valence electrons. The van der Waals surface area contributed by atoms with Gasteiger partial charge < -0.3 is 9.47 Å². The smallest absolute Gasteiger partial charge is 0.189 e. The molecule has 0 aliphatic carbocycles. The Labute approximate surface area is 90.0 Å². The van der Waals surface area contributed by atoms with Gasteiger partial charge in [0.2, 0.25) is 0 Å². The number of aryl methyl sites for hydroxylation is 1. The molecule has 1 aromatic carbocycles. The molecule has 15 heavy (non-hydrogen) atoms. The quantitative estimate of drug-likeness (QED) is 0.424. The van der Waals surface area contributed by atoms with Crippen molar-refractivity contribution >= 4 is 5.78 Å². The van der Waals surface area contributed by atoms with Gasteiger partial charge in [-0.1, -0.05) is 6.07 Å². The molecule has 1 aromatic rings. The number of hydrogen-bond donors (Lipinski definition) is 0. The van der Waals surface area contributed by atoms with E-state index in [1.807, 2.05) is 26.0 Å². The number of rotatable bonds is 5. The summed E-state index contributed by atoms with van der Waals surface area (Å²) >= 11 is 0. The molecule has 0 N–H and O–H groups in total. The molecule has 3 heteroatoms. The van der Waals surface area contributed by atoms with Gasteiger partial charge in [-0.2, -0.15) is 0 Å². The second-order valence-corrected chi connectivity index (χ2v) is 3.31. The number of benzene rings is 1. The van der Waals surface area contributed by atoms with Crippen molar-refractivity contribution in [2.75, 3.05) is 13.4 Å². The molecule has 0 fully saturated rings. The van der Waals surface area contributed by atoms with Crippen molar-refractivity contribution in [1.29, 1.82) is 0 Å². The van der Waals surface area contributed by atoms with Crippen LogP contribution in [0, 0.1) is 6.92 Å². The van der Waals surface area contributed by atoms with Crippen LogP contribution >= 0.6 is 0 Å². The fourth-order valence-electron chi connectivity index (χ4n) is 1.23. The van der Waals surface area contributed by atoms with Gasteiger partial charge in [-0.3, -0.25) is 4.79 Å². The monoisotopic (exact) mass is 208 g/mol. The Morgan fingerprint density at radius 2 is 2.13 bits per heavy atom. The molecule has 0 aliphatic heterocycles. The summed E-state index contributed by atoms with van der Waals surface area (Å²) in [5.41, 5.74) is 1.66. The van der Waals surface area contributed by atoms with Crippen LogP contribution in [0.4, 0.5) is 0 Å².